The number of H-pyrrole nitrogens is 1. The van der Waals surface area contributed by atoms with Crippen molar-refractivity contribution in [1.82, 2.24) is 19.6 Å². The number of rotatable bonds is 8. The van der Waals surface area contributed by atoms with E-state index in [0.29, 0.717) is 32.7 Å². The van der Waals surface area contributed by atoms with Crippen LogP contribution in [0.1, 0.15) is 22.6 Å². The summed E-state index contributed by atoms with van der Waals surface area (Å²) in [6, 6.07) is 17.5. The fraction of sp³-hybridized carbons (Fsp3) is 0.304. The van der Waals surface area contributed by atoms with Gasteiger partial charge in [0.15, 0.2) is 5.03 Å². The van der Waals surface area contributed by atoms with Crippen LogP contribution in [0.15, 0.2) is 72.1 Å². The van der Waals surface area contributed by atoms with E-state index in [4.69, 9.17) is 4.74 Å². The second-order valence-electron chi connectivity index (χ2n) is 7.67. The highest BCUT2D eigenvalue weighted by Crippen LogP contribution is 2.25. The molecule has 0 spiro atoms. The van der Waals surface area contributed by atoms with E-state index in [2.05, 4.69) is 14.7 Å². The van der Waals surface area contributed by atoms with Crippen LogP contribution in [0.25, 0.3) is 0 Å². The van der Waals surface area contributed by atoms with Gasteiger partial charge >= 0.3 is 0 Å². The summed E-state index contributed by atoms with van der Waals surface area (Å²) in [5.41, 5.74) is 2.71. The number of nitrogens with one attached hydrogen (secondary N) is 2. The summed E-state index contributed by atoms with van der Waals surface area (Å²) in [4.78, 5) is 21.6. The van der Waals surface area contributed by atoms with Crippen LogP contribution in [0.3, 0.4) is 0 Å². The molecule has 1 aliphatic rings. The summed E-state index contributed by atoms with van der Waals surface area (Å²) in [6.07, 6.45) is 3.15. The number of hydrogen-bond acceptors (Lipinski definition) is 5. The Morgan fingerprint density at radius 1 is 1.09 bits per heavy atom. The lowest BCUT2D eigenvalue weighted by atomic mass is 9.89. The molecular formula is C23H26N4O4S. The van der Waals surface area contributed by atoms with Gasteiger partial charge in [-0.2, -0.15) is 0 Å². The van der Waals surface area contributed by atoms with Gasteiger partial charge in [-0.1, -0.05) is 54.6 Å². The van der Waals surface area contributed by atoms with Crippen LogP contribution >= 0.6 is 0 Å². The third-order valence-corrected chi connectivity index (χ3v) is 6.81. The van der Waals surface area contributed by atoms with Gasteiger partial charge in [-0.25, -0.2) is 18.1 Å². The highest BCUT2D eigenvalue weighted by atomic mass is 32.2. The number of aromatic amines is 1. The molecule has 2 N–H and O–H groups in total. The predicted octanol–water partition coefficient (Wildman–Crippen LogP) is 2.07. The Morgan fingerprint density at radius 2 is 1.84 bits per heavy atom. The van der Waals surface area contributed by atoms with E-state index in [0.717, 1.165) is 16.7 Å². The summed E-state index contributed by atoms with van der Waals surface area (Å²) in [5, 5.41) is 0.0121. The Hall–Kier alpha value is -3.01. The molecule has 1 aliphatic heterocycles. The number of benzene rings is 2. The number of nitrogens with zero attached hydrogens (tertiary/aromatic N) is 2. The summed E-state index contributed by atoms with van der Waals surface area (Å²) in [5.74, 6) is -0.299. The first-order valence-electron chi connectivity index (χ1n) is 10.5. The van der Waals surface area contributed by atoms with Crippen LogP contribution in [-0.2, 0) is 32.5 Å². The van der Waals surface area contributed by atoms with Crippen molar-refractivity contribution >= 4 is 15.9 Å². The average Bonchev–Trinajstić information content (AvgIpc) is 3.39. The fourth-order valence-electron chi connectivity index (χ4n) is 3.77. The van der Waals surface area contributed by atoms with Crippen molar-refractivity contribution in [3.8, 4) is 0 Å². The molecule has 1 unspecified atom stereocenters. The molecule has 3 aromatic rings. The Morgan fingerprint density at radius 3 is 2.56 bits per heavy atom. The number of carbonyl (C=O) groups is 1. The van der Waals surface area contributed by atoms with Gasteiger partial charge in [-0.05, 0) is 23.1 Å². The quantitative estimate of drug-likeness (QED) is 0.542. The zero-order valence-corrected chi connectivity index (χ0v) is 18.4. The number of hydrogen-bond donors (Lipinski definition) is 2. The molecule has 4 rings (SSSR count). The van der Waals surface area contributed by atoms with Crippen molar-refractivity contribution in [2.24, 2.45) is 0 Å². The van der Waals surface area contributed by atoms with Gasteiger partial charge in [-0.3, -0.25) is 4.79 Å². The molecule has 32 heavy (non-hydrogen) atoms. The van der Waals surface area contributed by atoms with E-state index in [1.807, 2.05) is 59.5 Å². The topological polar surface area (TPSA) is 104 Å². The summed E-state index contributed by atoms with van der Waals surface area (Å²) in [6.45, 7) is 2.35. The molecule has 0 aliphatic carbocycles. The number of imidazole rings is 1. The minimum atomic E-state index is -3.69. The molecule has 1 saturated heterocycles. The summed E-state index contributed by atoms with van der Waals surface area (Å²) >= 11 is 0. The van der Waals surface area contributed by atoms with Gasteiger partial charge in [0.25, 0.3) is 10.0 Å². The number of carbonyl (C=O) groups excluding carboxylic acids is 1. The third kappa shape index (κ3) is 5.42. The maximum atomic E-state index is 13.4. The Bertz CT molecular complexity index is 1130. The molecule has 1 atom stereocenters. The maximum Gasteiger partial charge on any atom is 0.257 e. The molecule has 8 nitrogen and oxygen atoms in total. The first-order valence-corrected chi connectivity index (χ1v) is 12.0. The van der Waals surface area contributed by atoms with Gasteiger partial charge < -0.3 is 14.6 Å². The first kappa shape index (κ1) is 22.2. The Balaban J connectivity index is 1.55. The van der Waals surface area contributed by atoms with E-state index >= 15 is 0 Å². The third-order valence-electron chi connectivity index (χ3n) is 5.49. The molecular weight excluding hydrogens is 428 g/mol. The van der Waals surface area contributed by atoms with Gasteiger partial charge in [0.05, 0.1) is 31.7 Å². The van der Waals surface area contributed by atoms with Crippen molar-refractivity contribution in [2.45, 2.75) is 23.9 Å². The minimum Gasteiger partial charge on any atom is -0.378 e. The van der Waals surface area contributed by atoms with Crippen LogP contribution < -0.4 is 4.72 Å². The zero-order chi connectivity index (χ0) is 22.4. The largest absolute Gasteiger partial charge is 0.378 e. The first-order chi connectivity index (χ1) is 15.5. The number of sulfonamides is 1. The van der Waals surface area contributed by atoms with Gasteiger partial charge in [0, 0.05) is 19.6 Å². The van der Waals surface area contributed by atoms with Crippen LogP contribution in [0, 0.1) is 0 Å². The molecule has 1 aromatic heterocycles. The maximum absolute atomic E-state index is 13.4. The van der Waals surface area contributed by atoms with E-state index < -0.39 is 10.0 Å². The van der Waals surface area contributed by atoms with E-state index in [-0.39, 0.29) is 23.4 Å². The van der Waals surface area contributed by atoms with Crippen LogP contribution in [0.4, 0.5) is 0 Å². The molecule has 0 saturated carbocycles. The lowest BCUT2D eigenvalue weighted by Crippen LogP contribution is -2.43. The highest BCUT2D eigenvalue weighted by Gasteiger charge is 2.27. The van der Waals surface area contributed by atoms with Gasteiger partial charge in [-0.15, -0.1) is 0 Å². The van der Waals surface area contributed by atoms with Gasteiger partial charge in [0.1, 0.15) is 0 Å². The van der Waals surface area contributed by atoms with Crippen molar-refractivity contribution in [3.63, 3.8) is 0 Å². The predicted molar refractivity (Wildman–Crippen MR) is 119 cm³/mol. The molecule has 2 aromatic carbocycles. The van der Waals surface area contributed by atoms with Crippen molar-refractivity contribution < 1.29 is 17.9 Å². The standard InChI is InChI=1S/C23H26N4O4S/c28-23(27-9-11-31-12-10-27)21(14-18-5-2-1-3-6-18)20-8-4-7-19(13-20)15-26-32(29,30)22-16-24-17-25-22/h1-8,13,16-17,21,26H,9-12,14-15H2,(H,24,25). The van der Waals surface area contributed by atoms with Crippen molar-refractivity contribution in [3.05, 3.63) is 83.8 Å². The lowest BCUT2D eigenvalue weighted by Gasteiger charge is -2.31. The molecule has 168 valence electrons. The van der Waals surface area contributed by atoms with E-state index in [1.54, 1.807) is 0 Å². The number of aromatic nitrogens is 2. The average molecular weight is 455 g/mol. The SMILES string of the molecule is O=C(C(Cc1ccccc1)c1cccc(CNS(=O)(=O)c2cnc[nH]2)c1)N1CCOCC1. The van der Waals surface area contributed by atoms with Crippen molar-refractivity contribution in [2.75, 3.05) is 26.3 Å². The highest BCUT2D eigenvalue weighted by molar-refractivity contribution is 7.89. The number of ether oxygens (including phenoxy) is 1. The van der Waals surface area contributed by atoms with Crippen LogP contribution in [0.5, 0.6) is 0 Å². The molecule has 1 fully saturated rings. The monoisotopic (exact) mass is 454 g/mol. The minimum absolute atomic E-state index is 0.0121. The molecule has 0 bridgehead atoms. The molecule has 2 heterocycles. The molecule has 0 radical (unpaired) electrons. The fourth-order valence-corrected chi connectivity index (χ4v) is 4.69. The van der Waals surface area contributed by atoms with Gasteiger partial charge in [0.2, 0.25) is 5.91 Å². The molecule has 9 heteroatoms. The number of amides is 1. The molecule has 1 amide bonds. The van der Waals surface area contributed by atoms with Crippen LogP contribution in [-0.4, -0.2) is 55.5 Å². The van der Waals surface area contributed by atoms with E-state index in [9.17, 15) is 13.2 Å². The summed E-state index contributed by atoms with van der Waals surface area (Å²) < 4.78 is 32.7. The normalized spacial score (nSPS) is 15.4. The second kappa shape index (κ2) is 10.1. The zero-order valence-electron chi connectivity index (χ0n) is 17.6. The van der Waals surface area contributed by atoms with E-state index in [1.165, 1.54) is 12.5 Å². The van der Waals surface area contributed by atoms with Crippen molar-refractivity contribution in [1.29, 1.82) is 0 Å². The smallest absolute Gasteiger partial charge is 0.257 e. The summed E-state index contributed by atoms with van der Waals surface area (Å²) in [7, 11) is -3.69. The van der Waals surface area contributed by atoms with Crippen LogP contribution in [0.2, 0.25) is 0 Å². The number of morpholine rings is 1. The Kier molecular flexibility index (Phi) is 6.99. The second-order valence-corrected chi connectivity index (χ2v) is 9.40. The lowest BCUT2D eigenvalue weighted by molar-refractivity contribution is -0.136. The Labute approximate surface area is 187 Å².